The van der Waals surface area contributed by atoms with Crippen LogP contribution in [0.3, 0.4) is 0 Å². The molecule has 2 aliphatic rings. The van der Waals surface area contributed by atoms with E-state index in [0.29, 0.717) is 5.92 Å². The number of halogens is 1. The van der Waals surface area contributed by atoms with Gasteiger partial charge in [-0.1, -0.05) is 11.6 Å². The van der Waals surface area contributed by atoms with Crippen molar-refractivity contribution in [2.24, 2.45) is 11.8 Å². The van der Waals surface area contributed by atoms with E-state index in [1.54, 1.807) is 0 Å². The lowest BCUT2D eigenvalue weighted by Crippen LogP contribution is -2.37. The number of nitrogens with one attached hydrogen (secondary N) is 2. The van der Waals surface area contributed by atoms with Crippen molar-refractivity contribution >= 4 is 23.1 Å². The van der Waals surface area contributed by atoms with Crippen LogP contribution in [0.2, 0.25) is 5.02 Å². The molecule has 0 bridgehead atoms. The van der Waals surface area contributed by atoms with Crippen molar-refractivity contribution in [3.63, 3.8) is 0 Å². The van der Waals surface area contributed by atoms with Gasteiger partial charge in [0.1, 0.15) is 5.82 Å². The van der Waals surface area contributed by atoms with E-state index in [2.05, 4.69) is 37.4 Å². The Kier molecular flexibility index (Phi) is 4.63. The fourth-order valence-electron chi connectivity index (χ4n) is 3.70. The fourth-order valence-corrected chi connectivity index (χ4v) is 3.83. The highest BCUT2D eigenvalue weighted by Crippen LogP contribution is 2.25. The molecule has 2 N–H and O–H groups in total. The lowest BCUT2D eigenvalue weighted by Gasteiger charge is -2.25. The van der Waals surface area contributed by atoms with E-state index < -0.39 is 0 Å². The third-order valence-corrected chi connectivity index (χ3v) is 5.32. The topological polar surface area (TPSA) is 45.1 Å². The first kappa shape index (κ1) is 15.8. The molecule has 24 heavy (non-hydrogen) atoms. The summed E-state index contributed by atoms with van der Waals surface area (Å²) in [5.41, 5.74) is 1.28. The molecule has 0 saturated carbocycles. The van der Waals surface area contributed by atoms with Crippen LogP contribution in [0.1, 0.15) is 6.42 Å². The molecule has 0 amide bonds. The van der Waals surface area contributed by atoms with Crippen molar-refractivity contribution in [3.8, 4) is 0 Å². The van der Waals surface area contributed by atoms with Crippen LogP contribution in [0, 0.1) is 11.8 Å². The maximum Gasteiger partial charge on any atom is 0.124 e. The minimum atomic E-state index is 0.603. The van der Waals surface area contributed by atoms with Gasteiger partial charge in [-0.05, 0) is 43.1 Å². The summed E-state index contributed by atoms with van der Waals surface area (Å²) in [6, 6.07) is 10.2. The zero-order valence-electron chi connectivity index (χ0n) is 13.8. The maximum atomic E-state index is 5.97. The second-order valence-electron chi connectivity index (χ2n) is 6.88. The first-order chi connectivity index (χ1) is 11.8. The monoisotopic (exact) mass is 345 g/mol. The molecule has 3 heterocycles. The molecule has 0 aliphatic carbocycles. The second kappa shape index (κ2) is 7.03. The summed E-state index contributed by atoms with van der Waals surface area (Å²) < 4.78 is 2.06. The molecule has 0 radical (unpaired) electrons. The fraction of sp³-hybridized carbons (Fsp3) is 0.500. The quantitative estimate of drug-likeness (QED) is 0.874. The van der Waals surface area contributed by atoms with Gasteiger partial charge in [-0.2, -0.15) is 5.10 Å². The summed E-state index contributed by atoms with van der Waals surface area (Å²) >= 11 is 5.97. The predicted octanol–water partition coefficient (Wildman–Crippen LogP) is 2.69. The summed E-state index contributed by atoms with van der Waals surface area (Å²) in [7, 11) is 0. The summed E-state index contributed by atoms with van der Waals surface area (Å²) in [5.74, 6) is 2.46. The van der Waals surface area contributed by atoms with Crippen molar-refractivity contribution in [3.05, 3.63) is 41.6 Å². The van der Waals surface area contributed by atoms with Gasteiger partial charge in [0.05, 0.1) is 6.20 Å². The zero-order valence-corrected chi connectivity index (χ0v) is 14.5. The van der Waals surface area contributed by atoms with Crippen LogP contribution in [-0.2, 0) is 6.54 Å². The zero-order chi connectivity index (χ0) is 16.4. The highest BCUT2D eigenvalue weighted by atomic mass is 35.5. The van der Waals surface area contributed by atoms with E-state index in [1.165, 1.54) is 12.1 Å². The average molecular weight is 346 g/mol. The van der Waals surface area contributed by atoms with Crippen molar-refractivity contribution in [2.45, 2.75) is 13.0 Å². The number of anilines is 2. The van der Waals surface area contributed by atoms with Crippen molar-refractivity contribution < 1.29 is 0 Å². The van der Waals surface area contributed by atoms with Crippen LogP contribution < -0.4 is 15.5 Å². The smallest absolute Gasteiger partial charge is 0.124 e. The maximum absolute atomic E-state index is 5.97. The van der Waals surface area contributed by atoms with Gasteiger partial charge in [0.15, 0.2) is 0 Å². The van der Waals surface area contributed by atoms with Gasteiger partial charge in [-0.25, -0.2) is 4.68 Å². The number of fused-ring (bicyclic) bond motifs is 1. The number of hydrogen-bond acceptors (Lipinski definition) is 4. The van der Waals surface area contributed by atoms with Crippen molar-refractivity contribution in [1.29, 1.82) is 0 Å². The standard InChI is InChI=1S/C18H24ClN5/c19-16-1-3-17(4-2-16)23-8-6-14(12-23)9-20-10-15-11-21-18-5-7-22-24(18)13-15/h1-5,7,14-15,20-21H,6,8-13H2/t14-,15-/m0/s1. The van der Waals surface area contributed by atoms with Gasteiger partial charge in [0, 0.05) is 55.4 Å². The van der Waals surface area contributed by atoms with Gasteiger partial charge < -0.3 is 15.5 Å². The normalized spacial score (nSPS) is 23.1. The third kappa shape index (κ3) is 3.52. The van der Waals surface area contributed by atoms with Crippen LogP contribution in [0.4, 0.5) is 11.5 Å². The largest absolute Gasteiger partial charge is 0.371 e. The molecule has 2 aliphatic heterocycles. The van der Waals surface area contributed by atoms with Crippen LogP contribution in [-0.4, -0.2) is 42.5 Å². The molecule has 1 aromatic carbocycles. The summed E-state index contributed by atoms with van der Waals surface area (Å²) in [4.78, 5) is 2.46. The van der Waals surface area contributed by atoms with Crippen molar-refractivity contribution in [1.82, 2.24) is 15.1 Å². The molecule has 1 aromatic heterocycles. The number of benzene rings is 1. The lowest BCUT2D eigenvalue weighted by atomic mass is 10.1. The minimum Gasteiger partial charge on any atom is -0.371 e. The molecule has 0 spiro atoms. The Hall–Kier alpha value is -1.72. The Bertz CT molecular complexity index is 668. The molecule has 1 saturated heterocycles. The Labute approximate surface area is 148 Å². The van der Waals surface area contributed by atoms with Crippen LogP contribution in [0.5, 0.6) is 0 Å². The molecule has 2 atom stereocenters. The Balaban J connectivity index is 1.21. The van der Waals surface area contributed by atoms with Gasteiger partial charge in [0.25, 0.3) is 0 Å². The molecular formula is C18H24ClN5. The van der Waals surface area contributed by atoms with Crippen LogP contribution in [0.15, 0.2) is 36.5 Å². The van der Waals surface area contributed by atoms with E-state index in [-0.39, 0.29) is 0 Å². The van der Waals surface area contributed by atoms with Crippen LogP contribution >= 0.6 is 11.6 Å². The molecule has 5 nitrogen and oxygen atoms in total. The highest BCUT2D eigenvalue weighted by molar-refractivity contribution is 6.30. The van der Waals surface area contributed by atoms with Gasteiger partial charge >= 0.3 is 0 Å². The highest BCUT2D eigenvalue weighted by Gasteiger charge is 2.23. The molecular weight excluding hydrogens is 322 g/mol. The number of rotatable bonds is 5. The Morgan fingerprint density at radius 3 is 2.83 bits per heavy atom. The summed E-state index contributed by atoms with van der Waals surface area (Å²) in [6.07, 6.45) is 3.11. The van der Waals surface area contributed by atoms with Gasteiger partial charge in [-0.3, -0.25) is 0 Å². The first-order valence-corrected chi connectivity index (χ1v) is 9.12. The minimum absolute atomic E-state index is 0.603. The number of hydrogen-bond donors (Lipinski definition) is 2. The van der Waals surface area contributed by atoms with E-state index in [0.717, 1.165) is 56.0 Å². The predicted molar refractivity (Wildman–Crippen MR) is 98.8 cm³/mol. The van der Waals surface area contributed by atoms with Gasteiger partial charge in [0.2, 0.25) is 0 Å². The first-order valence-electron chi connectivity index (χ1n) is 8.75. The van der Waals surface area contributed by atoms with Crippen molar-refractivity contribution in [2.75, 3.05) is 42.9 Å². The molecule has 1 fully saturated rings. The molecule has 0 unspecified atom stereocenters. The van der Waals surface area contributed by atoms with E-state index in [1.807, 2.05) is 24.4 Å². The molecule has 4 rings (SSSR count). The van der Waals surface area contributed by atoms with E-state index in [9.17, 15) is 0 Å². The third-order valence-electron chi connectivity index (χ3n) is 5.06. The molecule has 2 aromatic rings. The Morgan fingerprint density at radius 1 is 1.12 bits per heavy atom. The lowest BCUT2D eigenvalue weighted by molar-refractivity contribution is 0.379. The summed E-state index contributed by atoms with van der Waals surface area (Å²) in [6.45, 7) is 6.43. The average Bonchev–Trinajstić information content (AvgIpc) is 3.24. The van der Waals surface area contributed by atoms with Gasteiger partial charge in [-0.15, -0.1) is 0 Å². The Morgan fingerprint density at radius 2 is 1.96 bits per heavy atom. The number of aromatic nitrogens is 2. The van der Waals surface area contributed by atoms with Crippen LogP contribution in [0.25, 0.3) is 0 Å². The molecule has 128 valence electrons. The summed E-state index contributed by atoms with van der Waals surface area (Å²) in [5, 5.41) is 12.3. The van der Waals surface area contributed by atoms with E-state index in [4.69, 9.17) is 11.6 Å². The molecule has 6 heteroatoms. The SMILES string of the molecule is Clc1ccc(N2CC[C@@H](CNC[C@H]3CNc4ccnn4C3)C2)cc1. The van der Waals surface area contributed by atoms with E-state index >= 15 is 0 Å². The number of nitrogens with zero attached hydrogens (tertiary/aromatic N) is 3. The second-order valence-corrected chi connectivity index (χ2v) is 7.32.